The number of hydrogen-bond donors (Lipinski definition) is 2. The van der Waals surface area contributed by atoms with E-state index < -0.39 is 41.9 Å². The molecule has 1 fully saturated rings. The summed E-state index contributed by atoms with van der Waals surface area (Å²) in [4.78, 5) is 55.0. The third-order valence-corrected chi connectivity index (χ3v) is 6.34. The maximum absolute atomic E-state index is 14.2. The first-order valence-corrected chi connectivity index (χ1v) is 11.1. The lowest BCUT2D eigenvalue weighted by atomic mass is 10.0. The van der Waals surface area contributed by atoms with Crippen molar-refractivity contribution in [2.45, 2.75) is 45.4 Å². The van der Waals surface area contributed by atoms with Crippen molar-refractivity contribution in [1.29, 1.82) is 0 Å². The van der Waals surface area contributed by atoms with Crippen LogP contribution in [0.5, 0.6) is 0 Å². The molecule has 4 atom stereocenters. The number of anilines is 1. The molecule has 3 rings (SSSR count). The number of carbonyl (C=O) groups is 4. The van der Waals surface area contributed by atoms with E-state index in [1.807, 2.05) is 19.1 Å². The number of nitrogens with zero attached hydrogens (tertiary/aromatic N) is 2. The molecule has 1 saturated heterocycles. The molecular weight excluding hydrogens is 435 g/mol. The summed E-state index contributed by atoms with van der Waals surface area (Å²) in [6.45, 7) is 4.35. The van der Waals surface area contributed by atoms with Gasteiger partial charge < -0.3 is 20.3 Å². The van der Waals surface area contributed by atoms with E-state index >= 15 is 0 Å². The molecule has 0 aliphatic carbocycles. The van der Waals surface area contributed by atoms with E-state index in [9.17, 15) is 23.6 Å². The van der Waals surface area contributed by atoms with Gasteiger partial charge in [-0.3, -0.25) is 14.4 Å². The van der Waals surface area contributed by atoms with Gasteiger partial charge in [-0.25, -0.2) is 9.37 Å². The Morgan fingerprint density at radius 3 is 2.53 bits per heavy atom. The Hall–Kier alpha value is -3.14. The molecule has 3 amide bonds. The van der Waals surface area contributed by atoms with Crippen molar-refractivity contribution in [3.05, 3.63) is 35.5 Å². The smallest absolute Gasteiger partial charge is 0.247 e. The van der Waals surface area contributed by atoms with Gasteiger partial charge in [-0.05, 0) is 24.6 Å². The van der Waals surface area contributed by atoms with Crippen LogP contribution in [0.25, 0.3) is 10.4 Å². The topological polar surface area (TPSA) is 108 Å². The lowest BCUT2D eigenvalue weighted by Gasteiger charge is -2.29. The van der Waals surface area contributed by atoms with Crippen LogP contribution in [0.1, 0.15) is 26.0 Å². The summed E-state index contributed by atoms with van der Waals surface area (Å²) >= 11 is 1.52. The van der Waals surface area contributed by atoms with Gasteiger partial charge in [0.25, 0.3) is 0 Å². The number of likely N-dealkylation sites (tertiary alicyclic amines) is 1. The van der Waals surface area contributed by atoms with E-state index in [0.29, 0.717) is 12.0 Å². The number of aryl methyl sites for hydroxylation is 1. The fourth-order valence-corrected chi connectivity index (χ4v) is 4.49. The Morgan fingerprint density at radius 1 is 1.28 bits per heavy atom. The lowest BCUT2D eigenvalue weighted by Crippen LogP contribution is -2.54. The van der Waals surface area contributed by atoms with Crippen molar-refractivity contribution in [1.82, 2.24) is 15.2 Å². The van der Waals surface area contributed by atoms with E-state index in [1.165, 1.54) is 25.2 Å². The minimum absolute atomic E-state index is 0.155. The summed E-state index contributed by atoms with van der Waals surface area (Å²) in [5.74, 6) is -2.50. The Kier molecular flexibility index (Phi) is 7.34. The van der Waals surface area contributed by atoms with Crippen molar-refractivity contribution in [2.75, 3.05) is 11.9 Å². The Balaban J connectivity index is 1.74. The second-order valence-electron chi connectivity index (χ2n) is 7.85. The molecule has 1 aliphatic heterocycles. The quantitative estimate of drug-likeness (QED) is 0.617. The highest BCUT2D eigenvalue weighted by atomic mass is 32.1. The maximum Gasteiger partial charge on any atom is 0.247 e. The number of thiazole rings is 1. The number of hydrogen-bond acceptors (Lipinski definition) is 6. The fourth-order valence-electron chi connectivity index (χ4n) is 3.68. The van der Waals surface area contributed by atoms with Crippen molar-refractivity contribution >= 4 is 41.0 Å². The monoisotopic (exact) mass is 460 g/mol. The summed E-state index contributed by atoms with van der Waals surface area (Å²) in [6, 6.07) is 4.96. The molecule has 0 saturated carbocycles. The molecule has 8 nitrogen and oxygen atoms in total. The first-order chi connectivity index (χ1) is 15.2. The van der Waals surface area contributed by atoms with Crippen LogP contribution in [-0.4, -0.2) is 58.7 Å². The van der Waals surface area contributed by atoms with Gasteiger partial charge in [0, 0.05) is 24.9 Å². The van der Waals surface area contributed by atoms with Crippen LogP contribution < -0.4 is 10.6 Å². The predicted molar refractivity (Wildman–Crippen MR) is 119 cm³/mol. The van der Waals surface area contributed by atoms with Gasteiger partial charge in [-0.15, -0.1) is 11.3 Å². The molecule has 2 heterocycles. The highest BCUT2D eigenvalue weighted by Crippen LogP contribution is 2.29. The third-order valence-electron chi connectivity index (χ3n) is 5.36. The van der Waals surface area contributed by atoms with Gasteiger partial charge in [-0.1, -0.05) is 19.1 Å². The second kappa shape index (κ2) is 9.99. The highest BCUT2D eigenvalue weighted by Gasteiger charge is 2.43. The zero-order chi connectivity index (χ0) is 23.4. The number of alkyl halides is 1. The number of carbonyl (C=O) groups excluding carboxylic acids is 4. The molecule has 0 spiro atoms. The van der Waals surface area contributed by atoms with Crippen molar-refractivity contribution in [2.24, 2.45) is 5.92 Å². The molecule has 1 aromatic heterocycles. The van der Waals surface area contributed by atoms with Crippen molar-refractivity contribution in [3.63, 3.8) is 0 Å². The molecule has 1 aliphatic rings. The Morgan fingerprint density at radius 2 is 1.97 bits per heavy atom. The average Bonchev–Trinajstić information content (AvgIpc) is 3.37. The van der Waals surface area contributed by atoms with E-state index in [0.717, 1.165) is 21.0 Å². The molecule has 0 bridgehead atoms. The van der Waals surface area contributed by atoms with Crippen LogP contribution in [0, 0.1) is 12.8 Å². The maximum atomic E-state index is 14.2. The summed E-state index contributed by atoms with van der Waals surface area (Å²) in [7, 11) is 0. The van der Waals surface area contributed by atoms with Crippen LogP contribution in [0.2, 0.25) is 0 Å². The first kappa shape index (κ1) is 23.5. The lowest BCUT2D eigenvalue weighted by molar-refractivity contribution is -0.142. The molecule has 10 heteroatoms. The third kappa shape index (κ3) is 5.18. The summed E-state index contributed by atoms with van der Waals surface area (Å²) < 4.78 is 14.2. The SMILES string of the molecule is CC(=O)NC(C(=O)N1CC(F)CC1C(=O)Nc1ccc(-c2scnc2C)cc1)C(C)C=O. The van der Waals surface area contributed by atoms with Crippen LogP contribution in [0.4, 0.5) is 10.1 Å². The molecule has 2 N–H and O–H groups in total. The van der Waals surface area contributed by atoms with Crippen LogP contribution in [0.15, 0.2) is 29.8 Å². The van der Waals surface area contributed by atoms with Gasteiger partial charge in [0.2, 0.25) is 17.7 Å². The number of rotatable bonds is 7. The summed E-state index contributed by atoms with van der Waals surface area (Å²) in [5, 5.41) is 5.17. The van der Waals surface area contributed by atoms with Crippen molar-refractivity contribution in [3.8, 4) is 10.4 Å². The van der Waals surface area contributed by atoms with Crippen LogP contribution in [-0.2, 0) is 19.2 Å². The number of aldehydes is 1. The standard InChI is InChI=1S/C22H25FN4O4S/c1-12(10-28)19(25-14(3)29)22(31)27-9-16(23)8-18(27)21(30)26-17-6-4-15(5-7-17)20-13(2)24-11-32-20/h4-7,10-12,16,18-19H,8-9H2,1-3H3,(H,25,29)(H,26,30). The summed E-state index contributed by atoms with van der Waals surface area (Å²) in [6.07, 6.45) is -0.989. The van der Waals surface area contributed by atoms with Gasteiger partial charge >= 0.3 is 0 Å². The number of nitrogens with one attached hydrogen (secondary N) is 2. The number of amides is 3. The zero-order valence-electron chi connectivity index (χ0n) is 18.0. The first-order valence-electron chi connectivity index (χ1n) is 10.2. The van der Waals surface area contributed by atoms with Gasteiger partial charge in [0.1, 0.15) is 24.5 Å². The van der Waals surface area contributed by atoms with Crippen LogP contribution >= 0.6 is 11.3 Å². The normalized spacial score (nSPS) is 19.8. The molecule has 2 aromatic rings. The molecule has 170 valence electrons. The Bertz CT molecular complexity index is 1010. The van der Waals surface area contributed by atoms with Gasteiger partial charge in [0.15, 0.2) is 0 Å². The van der Waals surface area contributed by atoms with Gasteiger partial charge in [-0.2, -0.15) is 0 Å². The molecule has 4 unspecified atom stereocenters. The van der Waals surface area contributed by atoms with E-state index in [2.05, 4.69) is 15.6 Å². The molecular formula is C22H25FN4O4S. The second-order valence-corrected chi connectivity index (χ2v) is 8.70. The molecule has 32 heavy (non-hydrogen) atoms. The zero-order valence-corrected chi connectivity index (χ0v) is 18.8. The van der Waals surface area contributed by atoms with E-state index in [-0.39, 0.29) is 13.0 Å². The fraction of sp³-hybridized carbons (Fsp3) is 0.409. The van der Waals surface area contributed by atoms with Crippen LogP contribution in [0.3, 0.4) is 0 Å². The largest absolute Gasteiger partial charge is 0.344 e. The highest BCUT2D eigenvalue weighted by molar-refractivity contribution is 7.13. The summed E-state index contributed by atoms with van der Waals surface area (Å²) in [5.41, 5.74) is 4.15. The van der Waals surface area contributed by atoms with E-state index in [1.54, 1.807) is 17.6 Å². The molecule has 1 aromatic carbocycles. The minimum atomic E-state index is -1.38. The minimum Gasteiger partial charge on any atom is -0.344 e. The Labute approximate surface area is 189 Å². The average molecular weight is 461 g/mol. The predicted octanol–water partition coefficient (Wildman–Crippen LogP) is 2.34. The van der Waals surface area contributed by atoms with E-state index in [4.69, 9.17) is 0 Å². The van der Waals surface area contributed by atoms with Crippen molar-refractivity contribution < 1.29 is 23.6 Å². The number of halogens is 1. The number of benzene rings is 1. The number of aromatic nitrogens is 1. The molecule has 0 radical (unpaired) electrons. The van der Waals surface area contributed by atoms with Gasteiger partial charge in [0.05, 0.1) is 22.6 Å².